The molecule has 4 rings (SSSR count). The highest BCUT2D eigenvalue weighted by Gasteiger charge is 2.18. The van der Waals surface area contributed by atoms with Crippen LogP contribution >= 0.6 is 0 Å². The van der Waals surface area contributed by atoms with Gasteiger partial charge in [-0.25, -0.2) is 4.79 Å². The van der Waals surface area contributed by atoms with Gasteiger partial charge >= 0.3 is 5.97 Å². The van der Waals surface area contributed by atoms with Crippen molar-refractivity contribution in [3.63, 3.8) is 0 Å². The first-order chi connectivity index (χ1) is 13.8. The summed E-state index contributed by atoms with van der Waals surface area (Å²) in [5, 5.41) is 1.04. The maximum absolute atomic E-state index is 12.6. The lowest BCUT2D eigenvalue weighted by atomic mass is 10.1. The third-order valence-electron chi connectivity index (χ3n) is 5.14. The first-order valence-electron chi connectivity index (χ1n) is 9.77. The molecule has 1 aliphatic heterocycles. The number of pyridine rings is 1. The van der Waals surface area contributed by atoms with Crippen LogP contribution in [0.25, 0.3) is 22.0 Å². The Morgan fingerprint density at radius 3 is 2.61 bits per heavy atom. The molecule has 6 nitrogen and oxygen atoms in total. The molecule has 1 fully saturated rings. The monoisotopic (exact) mass is 379 g/mol. The van der Waals surface area contributed by atoms with Crippen LogP contribution in [0.2, 0.25) is 0 Å². The van der Waals surface area contributed by atoms with Crippen molar-refractivity contribution in [2.75, 3.05) is 39.5 Å². The van der Waals surface area contributed by atoms with Gasteiger partial charge in [0.05, 0.1) is 19.8 Å². The van der Waals surface area contributed by atoms with Gasteiger partial charge < -0.3 is 14.0 Å². The minimum Gasteiger partial charge on any atom is -0.461 e. The molecular weight excluding hydrogens is 354 g/mol. The summed E-state index contributed by atoms with van der Waals surface area (Å²) in [4.78, 5) is 19.0. The molecule has 1 aliphatic rings. The Labute approximate surface area is 164 Å². The van der Waals surface area contributed by atoms with Crippen LogP contribution in [0, 0.1) is 0 Å². The fraction of sp³-hybridized carbons (Fsp3) is 0.364. The van der Waals surface area contributed by atoms with Crippen LogP contribution in [-0.4, -0.2) is 59.9 Å². The van der Waals surface area contributed by atoms with Crippen LogP contribution in [0.4, 0.5) is 0 Å². The minimum absolute atomic E-state index is 0.272. The van der Waals surface area contributed by atoms with Gasteiger partial charge in [-0.15, -0.1) is 0 Å². The fourth-order valence-electron chi connectivity index (χ4n) is 3.68. The molecule has 0 amide bonds. The number of hydrogen-bond acceptors (Lipinski definition) is 5. The van der Waals surface area contributed by atoms with E-state index >= 15 is 0 Å². The molecule has 0 N–H and O–H groups in total. The highest BCUT2D eigenvalue weighted by molar-refractivity contribution is 5.97. The van der Waals surface area contributed by atoms with E-state index in [2.05, 4.69) is 32.7 Å². The van der Waals surface area contributed by atoms with Gasteiger partial charge in [0.1, 0.15) is 5.69 Å². The molecule has 0 unspecified atom stereocenters. The average molecular weight is 379 g/mol. The SMILES string of the molecule is CCOC(=O)c1cc2cc(-c3ccncc3)ccc2n1CCN1CCOCC1. The van der Waals surface area contributed by atoms with Crippen molar-refractivity contribution >= 4 is 16.9 Å². The first kappa shape index (κ1) is 18.7. The van der Waals surface area contributed by atoms with Gasteiger partial charge in [0.15, 0.2) is 0 Å². The second kappa shape index (κ2) is 8.54. The summed E-state index contributed by atoms with van der Waals surface area (Å²) in [5.41, 5.74) is 3.87. The van der Waals surface area contributed by atoms with Gasteiger partial charge in [0, 0.05) is 49.5 Å². The lowest BCUT2D eigenvalue weighted by molar-refractivity contribution is 0.0359. The minimum atomic E-state index is -0.272. The third kappa shape index (κ3) is 3.93. The molecule has 1 saturated heterocycles. The van der Waals surface area contributed by atoms with Crippen molar-refractivity contribution < 1.29 is 14.3 Å². The molecule has 28 heavy (non-hydrogen) atoms. The number of fused-ring (bicyclic) bond motifs is 1. The normalized spacial score (nSPS) is 15.0. The molecule has 0 radical (unpaired) electrons. The van der Waals surface area contributed by atoms with Crippen LogP contribution in [0.15, 0.2) is 48.8 Å². The molecule has 6 heteroatoms. The Bertz CT molecular complexity index is 946. The summed E-state index contributed by atoms with van der Waals surface area (Å²) in [6.07, 6.45) is 3.58. The Morgan fingerprint density at radius 1 is 1.07 bits per heavy atom. The standard InChI is InChI=1S/C22H25N3O3/c1-2-28-22(26)21-16-19-15-18(17-5-7-23-8-6-17)3-4-20(19)25(21)10-9-24-11-13-27-14-12-24/h3-8,15-16H,2,9-14H2,1H3. The Morgan fingerprint density at radius 2 is 1.86 bits per heavy atom. The van der Waals surface area contributed by atoms with E-state index in [1.165, 1.54) is 0 Å². The second-order valence-corrected chi connectivity index (χ2v) is 6.87. The summed E-state index contributed by atoms with van der Waals surface area (Å²) >= 11 is 0. The molecule has 0 saturated carbocycles. The van der Waals surface area contributed by atoms with Crippen molar-refractivity contribution in [1.29, 1.82) is 0 Å². The zero-order valence-electron chi connectivity index (χ0n) is 16.1. The van der Waals surface area contributed by atoms with E-state index in [0.717, 1.165) is 61.4 Å². The van der Waals surface area contributed by atoms with E-state index in [9.17, 15) is 4.79 Å². The predicted octanol–water partition coefficient (Wildman–Crippen LogP) is 3.21. The first-order valence-corrected chi connectivity index (χ1v) is 9.77. The van der Waals surface area contributed by atoms with Crippen molar-refractivity contribution in [2.45, 2.75) is 13.5 Å². The molecule has 3 heterocycles. The van der Waals surface area contributed by atoms with E-state index < -0.39 is 0 Å². The quantitative estimate of drug-likeness (QED) is 0.616. The van der Waals surface area contributed by atoms with E-state index in [-0.39, 0.29) is 5.97 Å². The Hall–Kier alpha value is -2.70. The smallest absolute Gasteiger partial charge is 0.354 e. The van der Waals surface area contributed by atoms with E-state index in [0.29, 0.717) is 12.3 Å². The van der Waals surface area contributed by atoms with Gasteiger partial charge in [-0.1, -0.05) is 6.07 Å². The highest BCUT2D eigenvalue weighted by Crippen LogP contribution is 2.27. The Balaban J connectivity index is 1.68. The zero-order valence-corrected chi connectivity index (χ0v) is 16.1. The number of rotatable bonds is 6. The van der Waals surface area contributed by atoms with Crippen LogP contribution in [0.3, 0.4) is 0 Å². The summed E-state index contributed by atoms with van der Waals surface area (Å²) in [6.45, 7) is 7.23. The van der Waals surface area contributed by atoms with Gasteiger partial charge in [-0.3, -0.25) is 9.88 Å². The largest absolute Gasteiger partial charge is 0.461 e. The topological polar surface area (TPSA) is 56.6 Å². The van der Waals surface area contributed by atoms with E-state index in [1.54, 1.807) is 12.4 Å². The zero-order chi connectivity index (χ0) is 19.3. The number of hydrogen-bond donors (Lipinski definition) is 0. The van der Waals surface area contributed by atoms with Crippen LogP contribution < -0.4 is 0 Å². The number of esters is 1. The van der Waals surface area contributed by atoms with Crippen molar-refractivity contribution in [2.24, 2.45) is 0 Å². The number of ether oxygens (including phenoxy) is 2. The molecular formula is C22H25N3O3. The fourth-order valence-corrected chi connectivity index (χ4v) is 3.68. The predicted molar refractivity (Wildman–Crippen MR) is 108 cm³/mol. The van der Waals surface area contributed by atoms with Crippen LogP contribution in [-0.2, 0) is 16.0 Å². The second-order valence-electron chi connectivity index (χ2n) is 6.87. The van der Waals surface area contributed by atoms with E-state index in [4.69, 9.17) is 9.47 Å². The molecule has 146 valence electrons. The molecule has 1 aromatic carbocycles. The maximum Gasteiger partial charge on any atom is 0.354 e. The number of carbonyl (C=O) groups is 1. The van der Waals surface area contributed by atoms with Gasteiger partial charge in [-0.05, 0) is 48.4 Å². The molecule has 2 aromatic heterocycles. The number of nitrogens with zero attached hydrogens (tertiary/aromatic N) is 3. The molecule has 0 spiro atoms. The van der Waals surface area contributed by atoms with Crippen molar-refractivity contribution in [3.05, 3.63) is 54.5 Å². The summed E-state index contributed by atoms with van der Waals surface area (Å²) < 4.78 is 12.8. The highest BCUT2D eigenvalue weighted by atomic mass is 16.5. The summed E-state index contributed by atoms with van der Waals surface area (Å²) in [7, 11) is 0. The number of morpholine rings is 1. The van der Waals surface area contributed by atoms with Crippen LogP contribution in [0.5, 0.6) is 0 Å². The third-order valence-corrected chi connectivity index (χ3v) is 5.14. The van der Waals surface area contributed by atoms with Crippen molar-refractivity contribution in [1.82, 2.24) is 14.5 Å². The van der Waals surface area contributed by atoms with E-state index in [1.807, 2.05) is 25.1 Å². The number of carbonyl (C=O) groups excluding carboxylic acids is 1. The molecule has 0 bridgehead atoms. The maximum atomic E-state index is 12.6. The Kier molecular flexibility index (Phi) is 5.69. The van der Waals surface area contributed by atoms with Crippen molar-refractivity contribution in [3.8, 4) is 11.1 Å². The van der Waals surface area contributed by atoms with Gasteiger partial charge in [0.25, 0.3) is 0 Å². The van der Waals surface area contributed by atoms with Crippen LogP contribution in [0.1, 0.15) is 17.4 Å². The lowest BCUT2D eigenvalue weighted by Gasteiger charge is -2.27. The summed E-state index contributed by atoms with van der Waals surface area (Å²) in [6, 6.07) is 12.2. The molecule has 3 aromatic rings. The lowest BCUT2D eigenvalue weighted by Crippen LogP contribution is -2.38. The number of benzene rings is 1. The molecule has 0 atom stereocenters. The number of aromatic nitrogens is 2. The van der Waals surface area contributed by atoms with Gasteiger partial charge in [0.2, 0.25) is 0 Å². The summed E-state index contributed by atoms with van der Waals surface area (Å²) in [5.74, 6) is -0.272. The van der Waals surface area contributed by atoms with Gasteiger partial charge in [-0.2, -0.15) is 0 Å². The molecule has 0 aliphatic carbocycles. The average Bonchev–Trinajstić information content (AvgIpc) is 3.12.